The average molecular weight is 652 g/mol. The largest absolute Gasteiger partial charge is 0.506 e. The van der Waals surface area contributed by atoms with E-state index >= 15 is 0 Å². The van der Waals surface area contributed by atoms with E-state index in [0.29, 0.717) is 22.0 Å². The maximum atomic E-state index is 12.0. The van der Waals surface area contributed by atoms with E-state index in [-0.39, 0.29) is 33.5 Å². The predicted octanol–water partition coefficient (Wildman–Crippen LogP) is 8.79. The minimum Gasteiger partial charge on any atom is -0.506 e. The number of phenolic OH excluding ortho intramolecular Hbond substituents is 2. The van der Waals surface area contributed by atoms with Crippen LogP contribution in [0.25, 0.3) is 11.1 Å². The Morgan fingerprint density at radius 2 is 1.07 bits per heavy atom. The van der Waals surface area contributed by atoms with Gasteiger partial charge in [0.2, 0.25) is 0 Å². The Morgan fingerprint density at radius 3 is 1.59 bits per heavy atom. The molecular formula is C34H24Cl2N6O4. The summed E-state index contributed by atoms with van der Waals surface area (Å²) in [5, 5.41) is 47.7. The quantitative estimate of drug-likeness (QED) is 0.104. The third kappa shape index (κ3) is 8.91. The number of nitrogens with zero attached hydrogens (tertiary/aromatic N) is 2. The zero-order chi connectivity index (χ0) is 33.1. The number of halogens is 2. The number of amides is 4. The van der Waals surface area contributed by atoms with Crippen LogP contribution >= 0.6 is 23.2 Å². The Bertz CT molecular complexity index is 1960. The summed E-state index contributed by atoms with van der Waals surface area (Å²) >= 11 is 11.8. The molecule has 0 radical (unpaired) electrons. The number of aromatic hydroxyl groups is 2. The second-order valence-corrected chi connectivity index (χ2v) is 10.2. The predicted molar refractivity (Wildman–Crippen MR) is 179 cm³/mol. The molecule has 0 atom stereocenters. The molecule has 0 spiro atoms. The van der Waals surface area contributed by atoms with E-state index in [0.717, 1.165) is 11.1 Å². The maximum Gasteiger partial charge on any atom is 0.323 e. The molecule has 0 fully saturated rings. The lowest BCUT2D eigenvalue weighted by Crippen LogP contribution is -2.19. The number of carbonyl (C=O) groups is 2. The van der Waals surface area contributed by atoms with Gasteiger partial charge in [-0.15, -0.1) is 0 Å². The van der Waals surface area contributed by atoms with Crippen molar-refractivity contribution < 1.29 is 19.8 Å². The van der Waals surface area contributed by atoms with Gasteiger partial charge in [-0.05, 0) is 71.8 Å². The number of phenols is 2. The summed E-state index contributed by atoms with van der Waals surface area (Å²) in [6, 6.07) is 33.4. The highest BCUT2D eigenvalue weighted by Crippen LogP contribution is 2.30. The molecule has 0 unspecified atom stereocenters. The summed E-state index contributed by atoms with van der Waals surface area (Å²) in [6.45, 7) is 0. The van der Waals surface area contributed by atoms with Crippen molar-refractivity contribution in [3.8, 4) is 34.8 Å². The van der Waals surface area contributed by atoms with Crippen molar-refractivity contribution in [3.05, 3.63) is 130 Å². The molecule has 0 aliphatic carbocycles. The number of carbonyl (C=O) groups excluding carboxylic acids is 2. The van der Waals surface area contributed by atoms with Gasteiger partial charge in [0.25, 0.3) is 0 Å². The Morgan fingerprint density at radius 1 is 0.565 bits per heavy atom. The number of nitrogens with one attached hydrogen (secondary N) is 4. The third-order valence-electron chi connectivity index (χ3n) is 6.20. The smallest absolute Gasteiger partial charge is 0.323 e. The fraction of sp³-hybridized carbons (Fsp3) is 0. The number of hydrogen-bond donors (Lipinski definition) is 6. The standard InChI is InChI=1S/C20H15N3O2.C14H9Cl2N3O2/c21-13-14-6-11-18(19(24)12-14)23-20(25)22-17-9-7-16(8-10-17)15-4-2-1-3-5-15;15-9-2-1-3-11(13(9)16)19-14(21)18-10-5-4-8(7-17)6-12(10)20/h1-12,24H,(H2,22,23,25);1-6,20H,(H2,18,19,21). The average Bonchev–Trinajstić information content (AvgIpc) is 3.06. The van der Waals surface area contributed by atoms with Crippen molar-refractivity contribution in [1.29, 1.82) is 10.5 Å². The van der Waals surface area contributed by atoms with Gasteiger partial charge < -0.3 is 31.5 Å². The molecule has 0 aromatic heterocycles. The Hall–Kier alpha value is -6.20. The van der Waals surface area contributed by atoms with E-state index in [2.05, 4.69) is 21.3 Å². The van der Waals surface area contributed by atoms with Crippen LogP contribution in [0.4, 0.5) is 32.3 Å². The summed E-state index contributed by atoms with van der Waals surface area (Å²) in [7, 11) is 0. The number of nitriles is 2. The maximum absolute atomic E-state index is 12.0. The van der Waals surface area contributed by atoms with Gasteiger partial charge in [0.1, 0.15) is 11.5 Å². The van der Waals surface area contributed by atoms with Gasteiger partial charge in [0, 0.05) is 5.69 Å². The second kappa shape index (κ2) is 15.5. The second-order valence-electron chi connectivity index (χ2n) is 9.39. The number of anilines is 4. The molecule has 0 aliphatic heterocycles. The summed E-state index contributed by atoms with van der Waals surface area (Å²) in [5.41, 5.74) is 4.13. The summed E-state index contributed by atoms with van der Waals surface area (Å²) in [6.07, 6.45) is 0. The molecule has 5 aromatic carbocycles. The monoisotopic (exact) mass is 650 g/mol. The number of urea groups is 2. The molecule has 0 bridgehead atoms. The fourth-order valence-electron chi connectivity index (χ4n) is 3.95. The van der Waals surface area contributed by atoms with E-state index in [1.165, 1.54) is 36.4 Å². The minimum atomic E-state index is -0.598. The molecule has 5 aromatic rings. The molecule has 0 aliphatic rings. The van der Waals surface area contributed by atoms with E-state index in [1.807, 2.05) is 54.6 Å². The Balaban J connectivity index is 0.000000212. The first kappa shape index (κ1) is 32.7. The first-order valence-electron chi connectivity index (χ1n) is 13.4. The van der Waals surface area contributed by atoms with Gasteiger partial charge in [-0.3, -0.25) is 0 Å². The highest BCUT2D eigenvalue weighted by molar-refractivity contribution is 6.44. The lowest BCUT2D eigenvalue weighted by molar-refractivity contribution is 0.261. The molecule has 0 heterocycles. The molecule has 4 amide bonds. The highest BCUT2D eigenvalue weighted by Gasteiger charge is 2.11. The highest BCUT2D eigenvalue weighted by atomic mass is 35.5. The summed E-state index contributed by atoms with van der Waals surface area (Å²) < 4.78 is 0. The number of hydrogen-bond acceptors (Lipinski definition) is 6. The molecule has 0 saturated heterocycles. The van der Waals surface area contributed by atoms with E-state index in [4.69, 9.17) is 33.7 Å². The molecular weight excluding hydrogens is 627 g/mol. The van der Waals surface area contributed by atoms with E-state index < -0.39 is 12.1 Å². The SMILES string of the molecule is N#Cc1ccc(NC(=O)Nc2ccc(-c3ccccc3)cc2)c(O)c1.N#Cc1ccc(NC(=O)Nc2cccc(Cl)c2Cl)c(O)c1. The molecule has 228 valence electrons. The summed E-state index contributed by atoms with van der Waals surface area (Å²) in [4.78, 5) is 23.9. The van der Waals surface area contributed by atoms with Crippen LogP contribution in [0.1, 0.15) is 11.1 Å². The fourth-order valence-corrected chi connectivity index (χ4v) is 4.30. The molecule has 10 nitrogen and oxygen atoms in total. The van der Waals surface area contributed by atoms with Gasteiger partial charge in [-0.1, -0.05) is 71.7 Å². The van der Waals surface area contributed by atoms with Gasteiger partial charge in [0.05, 0.1) is 50.4 Å². The van der Waals surface area contributed by atoms with Crippen LogP contribution in [0.15, 0.2) is 109 Å². The molecule has 6 N–H and O–H groups in total. The van der Waals surface area contributed by atoms with Crippen molar-refractivity contribution in [2.75, 3.05) is 21.3 Å². The van der Waals surface area contributed by atoms with Crippen LogP contribution in [0.5, 0.6) is 11.5 Å². The van der Waals surface area contributed by atoms with Crippen LogP contribution in [0.3, 0.4) is 0 Å². The first-order valence-corrected chi connectivity index (χ1v) is 14.1. The lowest BCUT2D eigenvalue weighted by atomic mass is 10.1. The van der Waals surface area contributed by atoms with Gasteiger partial charge in [0.15, 0.2) is 0 Å². The van der Waals surface area contributed by atoms with Crippen molar-refractivity contribution in [1.82, 2.24) is 0 Å². The zero-order valence-corrected chi connectivity index (χ0v) is 25.3. The molecule has 0 saturated carbocycles. The zero-order valence-electron chi connectivity index (χ0n) is 23.8. The van der Waals surface area contributed by atoms with Crippen LogP contribution in [0.2, 0.25) is 10.0 Å². The van der Waals surface area contributed by atoms with E-state index in [1.54, 1.807) is 30.3 Å². The molecule has 46 heavy (non-hydrogen) atoms. The van der Waals surface area contributed by atoms with E-state index in [9.17, 15) is 19.8 Å². The Labute approximate surface area is 274 Å². The number of rotatable bonds is 5. The first-order chi connectivity index (χ1) is 22.2. The van der Waals surface area contributed by atoms with Crippen LogP contribution in [0, 0.1) is 22.7 Å². The van der Waals surface area contributed by atoms with Crippen molar-refractivity contribution in [2.45, 2.75) is 0 Å². The topological polar surface area (TPSA) is 170 Å². The molecule has 5 rings (SSSR count). The third-order valence-corrected chi connectivity index (χ3v) is 7.02. The van der Waals surface area contributed by atoms with Gasteiger partial charge in [-0.25, -0.2) is 9.59 Å². The van der Waals surface area contributed by atoms with Crippen molar-refractivity contribution in [3.63, 3.8) is 0 Å². The van der Waals surface area contributed by atoms with Crippen LogP contribution in [-0.2, 0) is 0 Å². The molecule has 12 heteroatoms. The van der Waals surface area contributed by atoms with Crippen molar-refractivity contribution >= 4 is 58.0 Å². The normalized spacial score (nSPS) is 9.83. The minimum absolute atomic E-state index is 0.159. The van der Waals surface area contributed by atoms with Gasteiger partial charge in [-0.2, -0.15) is 10.5 Å². The number of benzene rings is 5. The van der Waals surface area contributed by atoms with Gasteiger partial charge >= 0.3 is 12.1 Å². The van der Waals surface area contributed by atoms with Crippen LogP contribution in [-0.4, -0.2) is 22.3 Å². The van der Waals surface area contributed by atoms with Crippen LogP contribution < -0.4 is 21.3 Å². The lowest BCUT2D eigenvalue weighted by Gasteiger charge is -2.10. The summed E-state index contributed by atoms with van der Waals surface area (Å²) in [5.74, 6) is -0.366. The van der Waals surface area contributed by atoms with Crippen molar-refractivity contribution in [2.24, 2.45) is 0 Å². The Kier molecular flexibility index (Phi) is 11.0.